The van der Waals surface area contributed by atoms with Gasteiger partial charge in [-0.25, -0.2) is 4.98 Å². The summed E-state index contributed by atoms with van der Waals surface area (Å²) in [5.74, 6) is 0. The predicted octanol–water partition coefficient (Wildman–Crippen LogP) is 4.05. The molecule has 0 spiro atoms. The number of hydrogen-bond acceptors (Lipinski definition) is 2. The van der Waals surface area contributed by atoms with E-state index in [1.54, 1.807) is 0 Å². The van der Waals surface area contributed by atoms with Crippen molar-refractivity contribution in [2.75, 3.05) is 11.9 Å². The minimum absolute atomic E-state index is 0.0865. The van der Waals surface area contributed by atoms with Crippen LogP contribution in [-0.4, -0.2) is 16.1 Å². The summed E-state index contributed by atoms with van der Waals surface area (Å²) in [6.45, 7) is 7.82. The zero-order chi connectivity index (χ0) is 14.2. The molecule has 0 aliphatic carbocycles. The van der Waals surface area contributed by atoms with Gasteiger partial charge in [-0.1, -0.05) is 25.1 Å². The summed E-state index contributed by atoms with van der Waals surface area (Å²) < 4.78 is 2.30. The Balaban J connectivity index is 2.13. The average molecular weight is 269 g/mol. The monoisotopic (exact) mass is 269 g/mol. The molecule has 0 radical (unpaired) electrons. The van der Waals surface area contributed by atoms with Gasteiger partial charge in [0, 0.05) is 23.3 Å². The van der Waals surface area contributed by atoms with Gasteiger partial charge in [-0.2, -0.15) is 0 Å². The van der Waals surface area contributed by atoms with E-state index < -0.39 is 0 Å². The first kappa shape index (κ1) is 13.2. The lowest BCUT2D eigenvalue weighted by Crippen LogP contribution is -2.25. The Bertz CT molecular complexity index is 610. The molecule has 0 fully saturated rings. The number of nitrogens with one attached hydrogen (secondary N) is 1. The fourth-order valence-electron chi connectivity index (χ4n) is 2.87. The summed E-state index contributed by atoms with van der Waals surface area (Å²) in [6, 6.07) is 6.60. The lowest BCUT2D eigenvalue weighted by atomic mass is 9.96. The van der Waals surface area contributed by atoms with E-state index in [4.69, 9.17) is 0 Å². The summed E-state index contributed by atoms with van der Waals surface area (Å²) in [5, 5.41) is 3.58. The molecule has 3 nitrogen and oxygen atoms in total. The van der Waals surface area contributed by atoms with E-state index in [-0.39, 0.29) is 5.54 Å². The third-order valence-electron chi connectivity index (χ3n) is 4.51. The number of hydrogen-bond donors (Lipinski definition) is 1. The van der Waals surface area contributed by atoms with Crippen molar-refractivity contribution in [1.29, 1.82) is 0 Å². The maximum Gasteiger partial charge on any atom is 0.0956 e. The van der Waals surface area contributed by atoms with E-state index >= 15 is 0 Å². The van der Waals surface area contributed by atoms with Crippen molar-refractivity contribution in [2.24, 2.45) is 0 Å². The van der Waals surface area contributed by atoms with Crippen LogP contribution in [-0.2, 0) is 12.0 Å². The molecule has 2 aromatic rings. The van der Waals surface area contributed by atoms with Gasteiger partial charge in [-0.15, -0.1) is 0 Å². The number of rotatable bonds is 3. The fourth-order valence-corrected chi connectivity index (χ4v) is 2.87. The zero-order valence-corrected chi connectivity index (χ0v) is 12.6. The molecule has 0 bridgehead atoms. The first-order valence-corrected chi connectivity index (χ1v) is 7.52. The Morgan fingerprint density at radius 3 is 3.00 bits per heavy atom. The molecule has 1 aromatic carbocycles. The Morgan fingerprint density at radius 1 is 1.35 bits per heavy atom. The Hall–Kier alpha value is -1.77. The molecule has 0 atom stereocenters. The van der Waals surface area contributed by atoms with Crippen LogP contribution in [0, 0.1) is 0 Å². The number of para-hydroxylation sites is 1. The van der Waals surface area contributed by atoms with E-state index in [0.717, 1.165) is 13.0 Å². The highest BCUT2D eigenvalue weighted by Gasteiger charge is 2.23. The smallest absolute Gasteiger partial charge is 0.0956 e. The average Bonchev–Trinajstić information content (AvgIpc) is 2.97. The lowest BCUT2D eigenvalue weighted by Gasteiger charge is -2.29. The second kappa shape index (κ2) is 4.97. The van der Waals surface area contributed by atoms with Crippen molar-refractivity contribution in [1.82, 2.24) is 9.55 Å². The molecule has 1 aliphatic heterocycles. The van der Waals surface area contributed by atoms with Gasteiger partial charge in [0.1, 0.15) is 0 Å². The van der Waals surface area contributed by atoms with Crippen LogP contribution in [0.15, 0.2) is 30.7 Å². The van der Waals surface area contributed by atoms with E-state index in [0.29, 0.717) is 0 Å². The van der Waals surface area contributed by atoms with Crippen molar-refractivity contribution < 1.29 is 0 Å². The van der Waals surface area contributed by atoms with Crippen molar-refractivity contribution in [3.05, 3.63) is 36.3 Å². The van der Waals surface area contributed by atoms with Crippen LogP contribution < -0.4 is 5.32 Å². The van der Waals surface area contributed by atoms with Crippen LogP contribution in [0.3, 0.4) is 0 Å². The molecule has 2 heterocycles. The topological polar surface area (TPSA) is 29.9 Å². The van der Waals surface area contributed by atoms with Crippen molar-refractivity contribution in [3.63, 3.8) is 0 Å². The number of aromatic nitrogens is 2. The van der Waals surface area contributed by atoms with Gasteiger partial charge >= 0.3 is 0 Å². The molecule has 0 unspecified atom stereocenters. The number of anilines is 1. The van der Waals surface area contributed by atoms with Gasteiger partial charge in [0.05, 0.1) is 18.2 Å². The summed E-state index contributed by atoms with van der Waals surface area (Å²) >= 11 is 0. The summed E-state index contributed by atoms with van der Waals surface area (Å²) in [4.78, 5) is 4.40. The van der Waals surface area contributed by atoms with E-state index in [9.17, 15) is 0 Å². The Kier molecular flexibility index (Phi) is 3.28. The molecule has 20 heavy (non-hydrogen) atoms. The van der Waals surface area contributed by atoms with Crippen LogP contribution in [0.5, 0.6) is 0 Å². The summed E-state index contributed by atoms with van der Waals surface area (Å²) in [6.07, 6.45) is 7.42. The number of nitrogens with zero attached hydrogens (tertiary/aromatic N) is 2. The van der Waals surface area contributed by atoms with E-state index in [1.165, 1.54) is 35.3 Å². The second-order valence-corrected chi connectivity index (χ2v) is 6.18. The van der Waals surface area contributed by atoms with Crippen molar-refractivity contribution in [3.8, 4) is 11.3 Å². The number of imidazole rings is 1. The van der Waals surface area contributed by atoms with Gasteiger partial charge in [0.25, 0.3) is 0 Å². The molecule has 0 amide bonds. The molecule has 0 saturated heterocycles. The number of fused-ring (bicyclic) bond motifs is 1. The molecular formula is C17H23N3. The molecule has 0 saturated carbocycles. The fraction of sp³-hybridized carbons (Fsp3) is 0.471. The third-order valence-corrected chi connectivity index (χ3v) is 4.51. The first-order chi connectivity index (χ1) is 9.63. The van der Waals surface area contributed by atoms with Gasteiger partial charge < -0.3 is 9.88 Å². The largest absolute Gasteiger partial charge is 0.384 e. The summed E-state index contributed by atoms with van der Waals surface area (Å²) in [7, 11) is 0. The SMILES string of the molecule is CCC(C)(C)n1cncc1-c1cccc2c1NCCC2. The minimum Gasteiger partial charge on any atom is -0.384 e. The highest BCUT2D eigenvalue weighted by molar-refractivity contribution is 5.79. The minimum atomic E-state index is 0.0865. The maximum absolute atomic E-state index is 4.40. The second-order valence-electron chi connectivity index (χ2n) is 6.18. The Labute approximate surface area is 121 Å². The third kappa shape index (κ3) is 2.11. The standard InChI is InChI=1S/C17H23N3/c1-4-17(2,3)20-12-18-11-15(20)14-9-5-7-13-8-6-10-19-16(13)14/h5,7,9,11-12,19H,4,6,8,10H2,1-3H3. The molecule has 3 rings (SSSR count). The number of benzene rings is 1. The first-order valence-electron chi connectivity index (χ1n) is 7.52. The van der Waals surface area contributed by atoms with Gasteiger partial charge in [-0.05, 0) is 38.7 Å². The maximum atomic E-state index is 4.40. The van der Waals surface area contributed by atoms with E-state index in [1.807, 2.05) is 12.5 Å². The van der Waals surface area contributed by atoms with Crippen LogP contribution in [0.4, 0.5) is 5.69 Å². The van der Waals surface area contributed by atoms with Crippen LogP contribution >= 0.6 is 0 Å². The van der Waals surface area contributed by atoms with Crippen molar-refractivity contribution >= 4 is 5.69 Å². The highest BCUT2D eigenvalue weighted by Crippen LogP contribution is 2.36. The van der Waals surface area contributed by atoms with Gasteiger partial charge in [0.2, 0.25) is 0 Å². The molecule has 3 heteroatoms. The van der Waals surface area contributed by atoms with E-state index in [2.05, 4.69) is 53.8 Å². The normalized spacial score (nSPS) is 14.8. The van der Waals surface area contributed by atoms with Crippen LogP contribution in [0.1, 0.15) is 39.2 Å². The quantitative estimate of drug-likeness (QED) is 0.911. The highest BCUT2D eigenvalue weighted by atomic mass is 15.1. The molecular weight excluding hydrogens is 246 g/mol. The number of aryl methyl sites for hydroxylation is 1. The molecule has 1 aromatic heterocycles. The summed E-state index contributed by atoms with van der Waals surface area (Å²) in [5.41, 5.74) is 5.30. The zero-order valence-electron chi connectivity index (χ0n) is 12.6. The van der Waals surface area contributed by atoms with Gasteiger partial charge in [-0.3, -0.25) is 0 Å². The molecule has 1 aliphatic rings. The lowest BCUT2D eigenvalue weighted by molar-refractivity contribution is 0.345. The Morgan fingerprint density at radius 2 is 2.20 bits per heavy atom. The van der Waals surface area contributed by atoms with Gasteiger partial charge in [0.15, 0.2) is 0 Å². The predicted molar refractivity (Wildman–Crippen MR) is 84.1 cm³/mol. The van der Waals surface area contributed by atoms with Crippen LogP contribution in [0.25, 0.3) is 11.3 Å². The van der Waals surface area contributed by atoms with Crippen molar-refractivity contribution in [2.45, 2.75) is 45.6 Å². The molecule has 1 N–H and O–H groups in total. The molecule has 106 valence electrons. The van der Waals surface area contributed by atoms with Crippen LogP contribution in [0.2, 0.25) is 0 Å².